The van der Waals surface area contributed by atoms with Crippen LogP contribution in [0.4, 0.5) is 0 Å². The van der Waals surface area contributed by atoms with Crippen LogP contribution < -0.4 is 5.73 Å². The second kappa shape index (κ2) is 5.15. The van der Waals surface area contributed by atoms with Gasteiger partial charge in [0.1, 0.15) is 0 Å². The summed E-state index contributed by atoms with van der Waals surface area (Å²) in [5, 5.41) is 4.26. The lowest BCUT2D eigenvalue weighted by molar-refractivity contribution is 0.568. The summed E-state index contributed by atoms with van der Waals surface area (Å²) >= 11 is 0. The number of aryl methyl sites for hydroxylation is 2. The lowest BCUT2D eigenvalue weighted by Crippen LogP contribution is -2.18. The van der Waals surface area contributed by atoms with Crippen LogP contribution in [0.2, 0.25) is 0 Å². The molecule has 0 aliphatic heterocycles. The molecule has 1 unspecified atom stereocenters. The van der Waals surface area contributed by atoms with E-state index < -0.39 is 0 Å². The Labute approximate surface area is 102 Å². The number of aromatic nitrogens is 2. The molecule has 3 nitrogen and oxygen atoms in total. The lowest BCUT2D eigenvalue weighted by atomic mass is 10.00. The standard InChI is InChI=1S/C14H19N3/c1-3-17-14(8-9-16-17)13(15)10-12-7-5-4-6-11(12)2/h4-9,13H,3,10,15H2,1-2H3. The highest BCUT2D eigenvalue weighted by molar-refractivity contribution is 5.27. The monoisotopic (exact) mass is 229 g/mol. The number of nitrogens with zero attached hydrogens (tertiary/aromatic N) is 2. The highest BCUT2D eigenvalue weighted by Crippen LogP contribution is 2.18. The van der Waals surface area contributed by atoms with Gasteiger partial charge in [-0.3, -0.25) is 4.68 Å². The quantitative estimate of drug-likeness (QED) is 0.875. The Balaban J connectivity index is 2.17. The summed E-state index contributed by atoms with van der Waals surface area (Å²) in [7, 11) is 0. The van der Waals surface area contributed by atoms with Crippen molar-refractivity contribution in [2.24, 2.45) is 5.73 Å². The van der Waals surface area contributed by atoms with E-state index in [1.807, 2.05) is 16.9 Å². The van der Waals surface area contributed by atoms with Crippen molar-refractivity contribution in [2.45, 2.75) is 32.9 Å². The van der Waals surface area contributed by atoms with Crippen LogP contribution in [0.5, 0.6) is 0 Å². The molecule has 0 spiro atoms. The molecule has 1 atom stereocenters. The molecule has 0 aliphatic carbocycles. The third-order valence-electron chi connectivity index (χ3n) is 3.13. The maximum Gasteiger partial charge on any atom is 0.0554 e. The van der Waals surface area contributed by atoms with Crippen molar-refractivity contribution < 1.29 is 0 Å². The van der Waals surface area contributed by atoms with Crippen molar-refractivity contribution in [2.75, 3.05) is 0 Å². The fourth-order valence-electron chi connectivity index (χ4n) is 2.10. The van der Waals surface area contributed by atoms with Gasteiger partial charge in [0.05, 0.1) is 11.7 Å². The Morgan fingerprint density at radius 3 is 2.76 bits per heavy atom. The first-order chi connectivity index (χ1) is 8.22. The Morgan fingerprint density at radius 2 is 2.06 bits per heavy atom. The van der Waals surface area contributed by atoms with Gasteiger partial charge in [0.2, 0.25) is 0 Å². The fourth-order valence-corrected chi connectivity index (χ4v) is 2.10. The summed E-state index contributed by atoms with van der Waals surface area (Å²) in [4.78, 5) is 0. The predicted octanol–water partition coefficient (Wildman–Crippen LogP) is 2.45. The Bertz CT molecular complexity index is 488. The Morgan fingerprint density at radius 1 is 1.29 bits per heavy atom. The van der Waals surface area contributed by atoms with Crippen molar-refractivity contribution in [3.8, 4) is 0 Å². The van der Waals surface area contributed by atoms with Gasteiger partial charge in [-0.05, 0) is 37.5 Å². The van der Waals surface area contributed by atoms with Crippen LogP contribution in [0.15, 0.2) is 36.5 Å². The topological polar surface area (TPSA) is 43.8 Å². The summed E-state index contributed by atoms with van der Waals surface area (Å²) in [6.45, 7) is 5.07. The number of hydrogen-bond donors (Lipinski definition) is 1. The molecule has 1 heterocycles. The van der Waals surface area contributed by atoms with Crippen molar-refractivity contribution in [3.63, 3.8) is 0 Å². The largest absolute Gasteiger partial charge is 0.322 e. The van der Waals surface area contributed by atoms with E-state index in [9.17, 15) is 0 Å². The summed E-state index contributed by atoms with van der Waals surface area (Å²) in [5.74, 6) is 0. The zero-order valence-electron chi connectivity index (χ0n) is 10.4. The third-order valence-corrected chi connectivity index (χ3v) is 3.13. The molecule has 0 saturated carbocycles. The van der Waals surface area contributed by atoms with E-state index in [4.69, 9.17) is 5.73 Å². The van der Waals surface area contributed by atoms with Crippen LogP contribution in [0.25, 0.3) is 0 Å². The summed E-state index contributed by atoms with van der Waals surface area (Å²) in [5.41, 5.74) is 9.97. The van der Waals surface area contributed by atoms with Gasteiger partial charge in [-0.2, -0.15) is 5.10 Å². The van der Waals surface area contributed by atoms with E-state index in [1.54, 1.807) is 0 Å². The van der Waals surface area contributed by atoms with Gasteiger partial charge in [-0.15, -0.1) is 0 Å². The second-order valence-corrected chi connectivity index (χ2v) is 4.31. The van der Waals surface area contributed by atoms with Crippen LogP contribution in [-0.2, 0) is 13.0 Å². The molecule has 2 N–H and O–H groups in total. The summed E-state index contributed by atoms with van der Waals surface area (Å²) < 4.78 is 1.96. The smallest absolute Gasteiger partial charge is 0.0554 e. The molecular weight excluding hydrogens is 210 g/mol. The number of hydrogen-bond acceptors (Lipinski definition) is 2. The first kappa shape index (κ1) is 11.9. The molecule has 0 bridgehead atoms. The number of benzene rings is 1. The van der Waals surface area contributed by atoms with E-state index in [2.05, 4.69) is 43.2 Å². The third kappa shape index (κ3) is 2.56. The van der Waals surface area contributed by atoms with E-state index in [0.29, 0.717) is 0 Å². The van der Waals surface area contributed by atoms with Gasteiger partial charge < -0.3 is 5.73 Å². The molecule has 0 amide bonds. The molecule has 2 aromatic rings. The average molecular weight is 229 g/mol. The maximum atomic E-state index is 6.26. The number of nitrogens with two attached hydrogens (primary N) is 1. The van der Waals surface area contributed by atoms with Crippen molar-refractivity contribution in [1.29, 1.82) is 0 Å². The van der Waals surface area contributed by atoms with E-state index in [-0.39, 0.29) is 6.04 Å². The molecule has 17 heavy (non-hydrogen) atoms. The van der Waals surface area contributed by atoms with Gasteiger partial charge in [0.15, 0.2) is 0 Å². The van der Waals surface area contributed by atoms with Gasteiger partial charge in [0, 0.05) is 12.7 Å². The van der Waals surface area contributed by atoms with Gasteiger partial charge >= 0.3 is 0 Å². The molecule has 1 aromatic carbocycles. The van der Waals surface area contributed by atoms with E-state index in [0.717, 1.165) is 18.7 Å². The predicted molar refractivity (Wildman–Crippen MR) is 69.7 cm³/mol. The molecule has 0 aliphatic rings. The SMILES string of the molecule is CCn1nccc1C(N)Cc1ccccc1C. The van der Waals surface area contributed by atoms with Crippen LogP contribution in [0.3, 0.4) is 0 Å². The molecule has 2 rings (SSSR count). The normalized spacial score (nSPS) is 12.6. The zero-order chi connectivity index (χ0) is 12.3. The molecule has 90 valence electrons. The highest BCUT2D eigenvalue weighted by Gasteiger charge is 2.12. The van der Waals surface area contributed by atoms with E-state index in [1.165, 1.54) is 11.1 Å². The molecule has 0 radical (unpaired) electrons. The lowest BCUT2D eigenvalue weighted by Gasteiger charge is -2.14. The van der Waals surface area contributed by atoms with Gasteiger partial charge in [-0.1, -0.05) is 24.3 Å². The fraction of sp³-hybridized carbons (Fsp3) is 0.357. The zero-order valence-corrected chi connectivity index (χ0v) is 10.4. The van der Waals surface area contributed by atoms with Crippen molar-refractivity contribution >= 4 is 0 Å². The number of rotatable bonds is 4. The maximum absolute atomic E-state index is 6.26. The van der Waals surface area contributed by atoms with E-state index >= 15 is 0 Å². The minimum absolute atomic E-state index is 0.0125. The van der Waals surface area contributed by atoms with Crippen molar-refractivity contribution in [1.82, 2.24) is 9.78 Å². The molecule has 0 fully saturated rings. The molecule has 1 aromatic heterocycles. The van der Waals surface area contributed by atoms with Gasteiger partial charge in [0.25, 0.3) is 0 Å². The molecule has 0 saturated heterocycles. The highest BCUT2D eigenvalue weighted by atomic mass is 15.3. The van der Waals surface area contributed by atoms with Crippen LogP contribution in [0, 0.1) is 6.92 Å². The minimum Gasteiger partial charge on any atom is -0.322 e. The summed E-state index contributed by atoms with van der Waals surface area (Å²) in [6, 6.07) is 10.4. The van der Waals surface area contributed by atoms with Crippen LogP contribution in [-0.4, -0.2) is 9.78 Å². The van der Waals surface area contributed by atoms with Crippen molar-refractivity contribution in [3.05, 3.63) is 53.3 Å². The minimum atomic E-state index is 0.0125. The average Bonchev–Trinajstić information content (AvgIpc) is 2.80. The Hall–Kier alpha value is -1.61. The van der Waals surface area contributed by atoms with Crippen LogP contribution in [0.1, 0.15) is 29.8 Å². The first-order valence-electron chi connectivity index (χ1n) is 6.04. The van der Waals surface area contributed by atoms with Gasteiger partial charge in [-0.25, -0.2) is 0 Å². The second-order valence-electron chi connectivity index (χ2n) is 4.31. The first-order valence-corrected chi connectivity index (χ1v) is 6.04. The molecule has 3 heteroatoms. The van der Waals surface area contributed by atoms with Crippen LogP contribution >= 0.6 is 0 Å². The Kier molecular flexibility index (Phi) is 3.59. The summed E-state index contributed by atoms with van der Waals surface area (Å²) in [6.07, 6.45) is 2.68. The molecular formula is C14H19N3.